The molecule has 1 aromatic carbocycles. The minimum Gasteiger partial charge on any atom is -0.497 e. The lowest BCUT2D eigenvalue weighted by atomic mass is 9.90. The molecule has 0 N–H and O–H groups in total. The Morgan fingerprint density at radius 3 is 2.50 bits per heavy atom. The third-order valence-corrected chi connectivity index (χ3v) is 3.75. The number of nitrogens with zero attached hydrogens (tertiary/aromatic N) is 1. The lowest BCUT2D eigenvalue weighted by Gasteiger charge is -2.20. The van der Waals surface area contributed by atoms with E-state index < -0.39 is 5.82 Å². The number of nitriles is 1. The van der Waals surface area contributed by atoms with Gasteiger partial charge < -0.3 is 9.53 Å². The van der Waals surface area contributed by atoms with Crippen molar-refractivity contribution in [2.24, 2.45) is 5.92 Å². The van der Waals surface area contributed by atoms with Crippen molar-refractivity contribution < 1.29 is 13.9 Å². The first kappa shape index (κ1) is 16.5. The minimum absolute atomic E-state index is 0.0331. The number of ether oxygens (including phenoxy) is 1. The molecule has 1 saturated carbocycles. The highest BCUT2D eigenvalue weighted by Crippen LogP contribution is 2.25. The van der Waals surface area contributed by atoms with Gasteiger partial charge in [0.15, 0.2) is 0 Å². The van der Waals surface area contributed by atoms with E-state index in [9.17, 15) is 9.18 Å². The van der Waals surface area contributed by atoms with Gasteiger partial charge in [0.05, 0.1) is 12.7 Å². The third kappa shape index (κ3) is 5.22. The molecule has 1 aromatic rings. The zero-order valence-electron chi connectivity index (χ0n) is 11.4. The number of hydrogen-bond acceptors (Lipinski definition) is 4. The maximum absolute atomic E-state index is 12.7. The van der Waals surface area contributed by atoms with Crippen LogP contribution in [0.1, 0.15) is 31.2 Å². The quantitative estimate of drug-likeness (QED) is 0.672. The maximum atomic E-state index is 12.7. The van der Waals surface area contributed by atoms with E-state index in [4.69, 9.17) is 10.00 Å². The molecule has 1 aliphatic rings. The van der Waals surface area contributed by atoms with Crippen LogP contribution in [0.2, 0.25) is 0 Å². The fraction of sp³-hybridized carbons (Fsp3) is 0.467. The number of carbonyl (C=O) groups is 1. The zero-order valence-corrected chi connectivity index (χ0v) is 12.3. The normalized spacial score (nSPS) is 21.1. The summed E-state index contributed by atoms with van der Waals surface area (Å²) in [6.45, 7) is 0. The Kier molecular flexibility index (Phi) is 7.10. The van der Waals surface area contributed by atoms with Crippen LogP contribution in [0.4, 0.5) is 4.39 Å². The summed E-state index contributed by atoms with van der Waals surface area (Å²) in [7, 11) is 1.45. The summed E-state index contributed by atoms with van der Waals surface area (Å²) in [6, 6.07) is 5.82. The van der Waals surface area contributed by atoms with Gasteiger partial charge in [-0.05, 0) is 37.8 Å². The summed E-state index contributed by atoms with van der Waals surface area (Å²) in [4.78, 5) is 10.2. The topological polar surface area (TPSA) is 50.1 Å². The Bertz CT molecular complexity index is 479. The summed E-state index contributed by atoms with van der Waals surface area (Å²) in [5.41, 5.74) is 0.0331. The number of hydrogen-bond donors (Lipinski definition) is 1. The first-order chi connectivity index (χ1) is 9.60. The number of benzene rings is 1. The Morgan fingerprint density at radius 1 is 1.40 bits per heavy atom. The number of methoxy groups -OCH3 is 1. The van der Waals surface area contributed by atoms with Gasteiger partial charge in [-0.3, -0.25) is 0 Å². The largest absolute Gasteiger partial charge is 0.497 e. The lowest BCUT2D eigenvalue weighted by molar-refractivity contribution is -0.111. The second kappa shape index (κ2) is 8.60. The highest BCUT2D eigenvalue weighted by molar-refractivity contribution is 7.80. The highest BCUT2D eigenvalue weighted by atomic mass is 32.1. The predicted molar refractivity (Wildman–Crippen MR) is 78.5 cm³/mol. The molecule has 0 radical (unpaired) electrons. The van der Waals surface area contributed by atoms with Gasteiger partial charge in [0.25, 0.3) is 0 Å². The van der Waals surface area contributed by atoms with E-state index in [-0.39, 0.29) is 5.56 Å². The molecule has 1 fully saturated rings. The molecule has 5 heteroatoms. The fourth-order valence-corrected chi connectivity index (χ4v) is 2.25. The molecule has 3 nitrogen and oxygen atoms in total. The second-order valence-corrected chi connectivity index (χ2v) is 5.39. The van der Waals surface area contributed by atoms with Crippen molar-refractivity contribution >= 4 is 18.9 Å². The van der Waals surface area contributed by atoms with Crippen LogP contribution in [-0.2, 0) is 4.79 Å². The van der Waals surface area contributed by atoms with Crippen molar-refractivity contribution in [2.45, 2.75) is 30.9 Å². The van der Waals surface area contributed by atoms with Crippen LogP contribution >= 0.6 is 12.6 Å². The van der Waals surface area contributed by atoms with Crippen molar-refractivity contribution in [1.29, 1.82) is 5.26 Å². The zero-order chi connectivity index (χ0) is 15.0. The number of halogens is 1. The minimum atomic E-state index is -0.549. The predicted octanol–water partition coefficient (Wildman–Crippen LogP) is 3.38. The van der Waals surface area contributed by atoms with E-state index in [1.807, 2.05) is 0 Å². The van der Waals surface area contributed by atoms with E-state index in [0.29, 0.717) is 16.9 Å². The Balaban J connectivity index is 0.000000204. The number of carbonyl (C=O) groups excluding carboxylic acids is 1. The molecule has 1 aliphatic carbocycles. The van der Waals surface area contributed by atoms with Gasteiger partial charge in [0, 0.05) is 17.2 Å². The van der Waals surface area contributed by atoms with E-state index >= 15 is 0 Å². The molecule has 0 saturated heterocycles. The van der Waals surface area contributed by atoms with Crippen molar-refractivity contribution in [3.05, 3.63) is 29.6 Å². The number of aldehydes is 1. The van der Waals surface area contributed by atoms with Gasteiger partial charge in [-0.15, -0.1) is 0 Å². The molecular formula is C15H18FNO2S. The molecule has 0 aliphatic heterocycles. The molecular weight excluding hydrogens is 277 g/mol. The average molecular weight is 295 g/mol. The molecule has 0 bridgehead atoms. The Morgan fingerprint density at radius 2 is 2.05 bits per heavy atom. The van der Waals surface area contributed by atoms with Crippen molar-refractivity contribution in [1.82, 2.24) is 0 Å². The van der Waals surface area contributed by atoms with Gasteiger partial charge in [0.1, 0.15) is 23.9 Å². The van der Waals surface area contributed by atoms with Crippen LogP contribution in [0.25, 0.3) is 0 Å². The van der Waals surface area contributed by atoms with Crippen molar-refractivity contribution in [3.8, 4) is 11.8 Å². The molecule has 108 valence electrons. The summed E-state index contributed by atoms with van der Waals surface area (Å²) < 4.78 is 17.5. The highest BCUT2D eigenvalue weighted by Gasteiger charge is 2.17. The first-order valence-corrected chi connectivity index (χ1v) is 6.99. The molecule has 0 unspecified atom stereocenters. The van der Waals surface area contributed by atoms with Crippen LogP contribution in [0.5, 0.6) is 5.75 Å². The van der Waals surface area contributed by atoms with Crippen LogP contribution < -0.4 is 4.74 Å². The van der Waals surface area contributed by atoms with E-state index in [0.717, 1.165) is 32.0 Å². The van der Waals surface area contributed by atoms with Crippen molar-refractivity contribution in [3.63, 3.8) is 0 Å². The van der Waals surface area contributed by atoms with Gasteiger partial charge in [0.2, 0.25) is 0 Å². The average Bonchev–Trinajstić information content (AvgIpc) is 2.48. The van der Waals surface area contributed by atoms with E-state index in [1.165, 1.54) is 19.2 Å². The smallest absolute Gasteiger partial charge is 0.144 e. The molecule has 20 heavy (non-hydrogen) atoms. The standard InChI is InChI=1S/C8H6FNO.C7H12OS/c1-11-7-3-2-6(5-10)8(9)4-7;8-5-6-1-3-7(9)4-2-6/h2-4H,1H3;5-7,9H,1-4H2. The van der Waals surface area contributed by atoms with Crippen LogP contribution in [-0.4, -0.2) is 18.6 Å². The van der Waals surface area contributed by atoms with Gasteiger partial charge in [-0.1, -0.05) is 0 Å². The maximum Gasteiger partial charge on any atom is 0.144 e. The molecule has 2 rings (SSSR count). The fourth-order valence-electron chi connectivity index (χ4n) is 1.95. The molecule has 0 heterocycles. The van der Waals surface area contributed by atoms with Gasteiger partial charge in [-0.2, -0.15) is 17.9 Å². The second-order valence-electron chi connectivity index (χ2n) is 4.66. The van der Waals surface area contributed by atoms with Gasteiger partial charge in [-0.25, -0.2) is 4.39 Å². The number of rotatable bonds is 2. The molecule has 0 amide bonds. The summed E-state index contributed by atoms with van der Waals surface area (Å²) >= 11 is 4.32. The summed E-state index contributed by atoms with van der Waals surface area (Å²) in [6.07, 6.45) is 5.42. The van der Waals surface area contributed by atoms with Crippen molar-refractivity contribution in [2.75, 3.05) is 7.11 Å². The molecule has 0 atom stereocenters. The molecule has 0 spiro atoms. The lowest BCUT2D eigenvalue weighted by Crippen LogP contribution is -2.14. The van der Waals surface area contributed by atoms with Gasteiger partial charge >= 0.3 is 0 Å². The van der Waals surface area contributed by atoms with Crippen LogP contribution in [0.15, 0.2) is 18.2 Å². The van der Waals surface area contributed by atoms with E-state index in [1.54, 1.807) is 12.1 Å². The van der Waals surface area contributed by atoms with E-state index in [2.05, 4.69) is 12.6 Å². The SMILES string of the molecule is COc1ccc(C#N)c(F)c1.O=CC1CCC(S)CC1. The van der Waals surface area contributed by atoms with Crippen LogP contribution in [0, 0.1) is 23.1 Å². The summed E-state index contributed by atoms with van der Waals surface area (Å²) in [5, 5.41) is 8.91. The summed E-state index contributed by atoms with van der Waals surface area (Å²) in [5.74, 6) is 0.210. The molecule has 0 aromatic heterocycles. The Labute approximate surface area is 124 Å². The first-order valence-electron chi connectivity index (χ1n) is 6.47. The third-order valence-electron chi connectivity index (χ3n) is 3.23. The monoisotopic (exact) mass is 295 g/mol. The number of thiol groups is 1. The van der Waals surface area contributed by atoms with Crippen LogP contribution in [0.3, 0.4) is 0 Å². The Hall–Kier alpha value is -1.54.